The third-order valence-electron chi connectivity index (χ3n) is 6.31. The smallest absolute Gasteiger partial charge is 0.305 e. The van der Waals surface area contributed by atoms with Crippen LogP contribution in [0, 0.1) is 6.92 Å². The van der Waals surface area contributed by atoms with Gasteiger partial charge in [-0.2, -0.15) is 18.2 Å². The minimum Gasteiger partial charge on any atom is -0.305 e. The van der Waals surface area contributed by atoms with E-state index in [1.807, 2.05) is 39.0 Å². The number of aliphatic imine (C=N–C) groups is 1. The van der Waals surface area contributed by atoms with E-state index < -0.39 is 11.5 Å². The summed E-state index contributed by atoms with van der Waals surface area (Å²) in [5.74, 6) is 0.493. The molecule has 1 aromatic heterocycles. The predicted octanol–water partition coefficient (Wildman–Crippen LogP) is 8.30. The molecule has 0 atom stereocenters. The molecule has 8 nitrogen and oxygen atoms in total. The molecule has 0 aliphatic carbocycles. The van der Waals surface area contributed by atoms with Gasteiger partial charge in [-0.15, -0.1) is 5.10 Å². The lowest BCUT2D eigenvalue weighted by Gasteiger charge is -2.22. The molecule has 0 radical (unpaired) electrons. The van der Waals surface area contributed by atoms with E-state index in [4.69, 9.17) is 11.6 Å². The van der Waals surface area contributed by atoms with Crippen LogP contribution in [0.5, 0.6) is 0 Å². The van der Waals surface area contributed by atoms with Gasteiger partial charge in [0.25, 0.3) is 0 Å². The third-order valence-corrected chi connectivity index (χ3v) is 8.28. The summed E-state index contributed by atoms with van der Waals surface area (Å²) in [5.41, 5.74) is -0.311. The zero-order valence-electron chi connectivity index (χ0n) is 23.0. The molecule has 1 aliphatic heterocycles. The quantitative estimate of drug-likeness (QED) is 0.212. The van der Waals surface area contributed by atoms with Crippen molar-refractivity contribution in [1.82, 2.24) is 14.8 Å². The van der Waals surface area contributed by atoms with Crippen molar-refractivity contribution in [2.45, 2.75) is 37.1 Å². The molecule has 3 aromatic carbocycles. The van der Waals surface area contributed by atoms with Crippen molar-refractivity contribution < 1.29 is 22.8 Å². The fraction of sp³-hybridized carbons (Fsp3) is 0.207. The minimum atomic E-state index is -4.37. The molecule has 0 bridgehead atoms. The van der Waals surface area contributed by atoms with Crippen LogP contribution in [0.2, 0.25) is 5.02 Å². The second-order valence-electron chi connectivity index (χ2n) is 9.81. The first-order valence-electron chi connectivity index (χ1n) is 12.9. The number of carbonyl (C=O) groups excluding carboxylic acids is 2. The highest BCUT2D eigenvalue weighted by Crippen LogP contribution is 2.37. The fourth-order valence-corrected chi connectivity index (χ4v) is 5.95. The maximum Gasteiger partial charge on any atom is 0.446 e. The van der Waals surface area contributed by atoms with Crippen molar-refractivity contribution in [3.05, 3.63) is 83.1 Å². The van der Waals surface area contributed by atoms with Gasteiger partial charge in [-0.25, -0.2) is 14.5 Å². The number of benzene rings is 3. The molecule has 1 fully saturated rings. The number of nitrogens with zero attached hydrogens (tertiary/aromatic N) is 5. The Hall–Kier alpha value is -3.81. The Labute approximate surface area is 258 Å². The van der Waals surface area contributed by atoms with Gasteiger partial charge in [0.05, 0.1) is 27.8 Å². The number of aromatic nitrogens is 3. The molecular formula is C29H24ClF3N6O2S2. The van der Waals surface area contributed by atoms with E-state index in [1.54, 1.807) is 18.2 Å². The Kier molecular flexibility index (Phi) is 8.86. The highest BCUT2D eigenvalue weighted by molar-refractivity contribution is 8.15. The SMILES string of the molecule is Cc1ccc(C(C)C)c(N2C(=O)CS/C2=N\C(=O)Nc2ccc(-c3ncn(-c4ccc(SC(F)(F)F)cc4)n3)cc2Cl)c1. The van der Waals surface area contributed by atoms with E-state index in [9.17, 15) is 22.8 Å². The van der Waals surface area contributed by atoms with E-state index in [0.29, 0.717) is 28.5 Å². The maximum absolute atomic E-state index is 12.9. The number of alkyl halides is 3. The van der Waals surface area contributed by atoms with Crippen LogP contribution in [0.3, 0.4) is 0 Å². The number of nitrogens with one attached hydrogen (secondary N) is 1. The van der Waals surface area contributed by atoms with Gasteiger partial charge in [-0.3, -0.25) is 9.69 Å². The van der Waals surface area contributed by atoms with Gasteiger partial charge in [0.2, 0.25) is 5.91 Å². The number of amides is 3. The summed E-state index contributed by atoms with van der Waals surface area (Å²) in [4.78, 5) is 35.7. The molecule has 222 valence electrons. The van der Waals surface area contributed by atoms with Crippen molar-refractivity contribution in [3.8, 4) is 17.1 Å². The standard InChI is InChI=1S/C29H24ClF3N6O2S2/c1-16(2)21-10-4-17(3)12-24(21)39-25(40)14-42-28(39)36-27(41)35-23-11-5-18(13-22(23)30)26-34-15-38(37-26)19-6-8-20(9-7-19)43-29(31,32)33/h4-13,15-16H,14H2,1-3H3,(H,35,41)/b36-28-. The summed E-state index contributed by atoms with van der Waals surface area (Å²) >= 11 is 7.46. The number of carbonyl (C=O) groups is 2. The van der Waals surface area contributed by atoms with Crippen molar-refractivity contribution in [2.75, 3.05) is 16.0 Å². The molecule has 3 amide bonds. The van der Waals surface area contributed by atoms with Gasteiger partial charge >= 0.3 is 11.5 Å². The summed E-state index contributed by atoms with van der Waals surface area (Å²) in [6, 6.07) is 15.8. The lowest BCUT2D eigenvalue weighted by Crippen LogP contribution is -2.31. The van der Waals surface area contributed by atoms with E-state index in [1.165, 1.54) is 51.9 Å². The van der Waals surface area contributed by atoms with Gasteiger partial charge in [-0.1, -0.05) is 49.3 Å². The average Bonchev–Trinajstić information content (AvgIpc) is 3.56. The molecular weight excluding hydrogens is 621 g/mol. The number of thioether (sulfide) groups is 2. The lowest BCUT2D eigenvalue weighted by molar-refractivity contribution is -0.115. The molecule has 0 unspecified atom stereocenters. The Morgan fingerprint density at radius 3 is 2.53 bits per heavy atom. The van der Waals surface area contributed by atoms with Crippen LogP contribution in [0.1, 0.15) is 30.9 Å². The van der Waals surface area contributed by atoms with Crippen LogP contribution < -0.4 is 10.2 Å². The lowest BCUT2D eigenvalue weighted by atomic mass is 9.99. The normalized spacial score (nSPS) is 14.7. The largest absolute Gasteiger partial charge is 0.446 e. The molecule has 14 heteroatoms. The molecule has 1 saturated heterocycles. The first kappa shape index (κ1) is 30.6. The summed E-state index contributed by atoms with van der Waals surface area (Å²) in [7, 11) is 0. The number of halogens is 4. The predicted molar refractivity (Wildman–Crippen MR) is 165 cm³/mol. The molecule has 5 rings (SSSR count). The summed E-state index contributed by atoms with van der Waals surface area (Å²) in [6.07, 6.45) is 1.44. The zero-order valence-corrected chi connectivity index (χ0v) is 25.4. The molecule has 0 saturated carbocycles. The highest BCUT2D eigenvalue weighted by atomic mass is 35.5. The monoisotopic (exact) mass is 644 g/mol. The van der Waals surface area contributed by atoms with Gasteiger partial charge < -0.3 is 5.32 Å². The summed E-state index contributed by atoms with van der Waals surface area (Å²) < 4.78 is 39.2. The number of hydrogen-bond donors (Lipinski definition) is 1. The maximum atomic E-state index is 12.9. The fourth-order valence-electron chi connectivity index (χ4n) is 4.32. The molecule has 2 heterocycles. The number of anilines is 2. The second kappa shape index (κ2) is 12.4. The van der Waals surface area contributed by atoms with E-state index >= 15 is 0 Å². The van der Waals surface area contributed by atoms with Crippen LogP contribution in [0.25, 0.3) is 17.1 Å². The van der Waals surface area contributed by atoms with Crippen LogP contribution in [-0.2, 0) is 4.79 Å². The van der Waals surface area contributed by atoms with Crippen LogP contribution in [-0.4, -0.2) is 43.1 Å². The number of aryl methyl sites for hydroxylation is 1. The Bertz CT molecular complexity index is 1720. The highest BCUT2D eigenvalue weighted by Gasteiger charge is 2.32. The molecule has 1 N–H and O–H groups in total. The van der Waals surface area contributed by atoms with Crippen LogP contribution in [0.4, 0.5) is 29.3 Å². The van der Waals surface area contributed by atoms with Crippen LogP contribution in [0.15, 0.2) is 76.9 Å². The van der Waals surface area contributed by atoms with Gasteiger partial charge in [0, 0.05) is 10.5 Å². The van der Waals surface area contributed by atoms with Crippen molar-refractivity contribution >= 4 is 63.6 Å². The Morgan fingerprint density at radius 1 is 1.12 bits per heavy atom. The Morgan fingerprint density at radius 2 is 1.86 bits per heavy atom. The molecule has 1 aliphatic rings. The van der Waals surface area contributed by atoms with Crippen molar-refractivity contribution in [3.63, 3.8) is 0 Å². The van der Waals surface area contributed by atoms with E-state index in [-0.39, 0.29) is 44.4 Å². The van der Waals surface area contributed by atoms with Crippen molar-refractivity contribution in [2.24, 2.45) is 4.99 Å². The number of rotatable bonds is 6. The van der Waals surface area contributed by atoms with Gasteiger partial charge in [0.1, 0.15) is 6.33 Å². The summed E-state index contributed by atoms with van der Waals surface area (Å²) in [5, 5.41) is 7.55. The molecule has 0 spiro atoms. The Balaban J connectivity index is 1.31. The second-order valence-corrected chi connectivity index (χ2v) is 12.3. The average molecular weight is 645 g/mol. The first-order valence-corrected chi connectivity index (χ1v) is 15.1. The van der Waals surface area contributed by atoms with Gasteiger partial charge in [0.15, 0.2) is 11.0 Å². The molecule has 4 aromatic rings. The number of hydrogen-bond acceptors (Lipinski definition) is 6. The number of urea groups is 1. The summed E-state index contributed by atoms with van der Waals surface area (Å²) in [6.45, 7) is 6.01. The van der Waals surface area contributed by atoms with Crippen LogP contribution >= 0.6 is 35.1 Å². The topological polar surface area (TPSA) is 92.5 Å². The number of amidine groups is 1. The molecule has 43 heavy (non-hydrogen) atoms. The zero-order chi connectivity index (χ0) is 30.9. The minimum absolute atomic E-state index is 0.0624. The first-order chi connectivity index (χ1) is 20.4. The van der Waals surface area contributed by atoms with Crippen molar-refractivity contribution in [1.29, 1.82) is 0 Å². The van der Waals surface area contributed by atoms with Gasteiger partial charge in [-0.05, 0) is 84.3 Å². The third kappa shape index (κ3) is 7.23. The van der Waals surface area contributed by atoms with E-state index in [2.05, 4.69) is 20.4 Å². The van der Waals surface area contributed by atoms with E-state index in [0.717, 1.165) is 11.1 Å².